The van der Waals surface area contributed by atoms with Crippen LogP contribution in [-0.2, 0) is 0 Å². The van der Waals surface area contributed by atoms with Gasteiger partial charge in [0.25, 0.3) is 5.69 Å². The number of hydrogen-bond donors (Lipinski definition) is 0. The first-order chi connectivity index (χ1) is 13.4. The fourth-order valence-corrected chi connectivity index (χ4v) is 2.49. The number of nitro benzene ring substituents is 1. The number of aromatic nitrogens is 2. The highest BCUT2D eigenvalue weighted by molar-refractivity contribution is 5.80. The quantitative estimate of drug-likeness (QED) is 0.287. The summed E-state index contributed by atoms with van der Waals surface area (Å²) in [4.78, 5) is 12.3. The second kappa shape index (κ2) is 8.26. The van der Waals surface area contributed by atoms with E-state index in [4.69, 9.17) is 0 Å². The number of hydrogen-bond acceptors (Lipinski definition) is 5. The molecular formula is C20H21N6O2+. The summed E-state index contributed by atoms with van der Waals surface area (Å²) in [5, 5.41) is 19.5. The molecule has 0 unspecified atom stereocenters. The topological polar surface area (TPSA) is 79.9 Å². The van der Waals surface area contributed by atoms with Gasteiger partial charge in [-0.15, -0.1) is 9.35 Å². The Morgan fingerprint density at radius 1 is 1.04 bits per heavy atom. The highest BCUT2D eigenvalue weighted by Crippen LogP contribution is 2.11. The van der Waals surface area contributed by atoms with Crippen LogP contribution in [0.2, 0.25) is 0 Å². The van der Waals surface area contributed by atoms with Crippen molar-refractivity contribution in [2.45, 2.75) is 6.92 Å². The molecule has 0 atom stereocenters. The van der Waals surface area contributed by atoms with Crippen LogP contribution in [-0.4, -0.2) is 36.1 Å². The molecule has 0 spiro atoms. The predicted octanol–water partition coefficient (Wildman–Crippen LogP) is 2.82. The molecule has 1 aromatic heterocycles. The van der Waals surface area contributed by atoms with Crippen molar-refractivity contribution < 1.29 is 9.60 Å². The maximum Gasteiger partial charge on any atom is 0.304 e. The Kier molecular flexibility index (Phi) is 5.59. The van der Waals surface area contributed by atoms with Crippen molar-refractivity contribution in [3.8, 4) is 0 Å². The number of rotatable bonds is 6. The Balaban J connectivity index is 1.71. The molecule has 0 amide bonds. The maximum atomic E-state index is 10.7. The van der Waals surface area contributed by atoms with E-state index in [2.05, 4.69) is 10.2 Å². The Bertz CT molecular complexity index is 1020. The van der Waals surface area contributed by atoms with Crippen LogP contribution in [0.15, 0.2) is 71.1 Å². The summed E-state index contributed by atoms with van der Waals surface area (Å²) in [5.41, 5.74) is 2.96. The zero-order valence-corrected chi connectivity index (χ0v) is 15.9. The Morgan fingerprint density at radius 3 is 2.25 bits per heavy atom. The van der Waals surface area contributed by atoms with E-state index in [1.165, 1.54) is 12.1 Å². The molecule has 0 saturated carbocycles. The van der Waals surface area contributed by atoms with Gasteiger partial charge >= 0.3 is 5.82 Å². The van der Waals surface area contributed by atoms with Gasteiger partial charge in [0.05, 0.1) is 17.4 Å². The van der Waals surface area contributed by atoms with E-state index < -0.39 is 4.92 Å². The minimum absolute atomic E-state index is 0.0556. The SMILES string of the molecule is Cc1n(N=Cc2ccc(N(C)C)cc2)cc[n+]1N=Cc1ccc([N+](=O)[O-])cc1. The highest BCUT2D eigenvalue weighted by Gasteiger charge is 2.10. The molecule has 3 rings (SSSR count). The smallest absolute Gasteiger partial charge is 0.304 e. The van der Waals surface area contributed by atoms with Crippen LogP contribution in [0.1, 0.15) is 17.0 Å². The summed E-state index contributed by atoms with van der Waals surface area (Å²) < 4.78 is 3.42. The first-order valence-corrected chi connectivity index (χ1v) is 8.64. The molecule has 142 valence electrons. The maximum absolute atomic E-state index is 10.7. The standard InChI is InChI=1S/C20H21N6O2/c1-16-24(21-14-17-4-8-19(9-5-17)23(2)3)12-13-25(16)22-15-18-6-10-20(11-7-18)26(27)28/h4-15H,1-3H3/q+1. The van der Waals surface area contributed by atoms with Gasteiger partial charge in [-0.25, -0.2) is 0 Å². The molecule has 0 fully saturated rings. The van der Waals surface area contributed by atoms with Gasteiger partial charge in [0.1, 0.15) is 0 Å². The minimum atomic E-state index is -0.425. The minimum Gasteiger partial charge on any atom is -0.378 e. The molecule has 0 aliphatic carbocycles. The van der Waals surface area contributed by atoms with E-state index in [0.717, 1.165) is 22.6 Å². The molecule has 0 bridgehead atoms. The zero-order chi connectivity index (χ0) is 20.1. The number of imidazole rings is 1. The number of anilines is 1. The average Bonchev–Trinajstić information content (AvgIpc) is 3.05. The van der Waals surface area contributed by atoms with Gasteiger partial charge in [-0.1, -0.05) is 22.3 Å². The van der Waals surface area contributed by atoms with Crippen molar-refractivity contribution in [1.82, 2.24) is 4.68 Å². The third-order valence-corrected chi connectivity index (χ3v) is 4.19. The lowest BCUT2D eigenvalue weighted by Crippen LogP contribution is -2.29. The molecule has 2 aromatic carbocycles. The summed E-state index contributed by atoms with van der Waals surface area (Å²) in [6.45, 7) is 1.90. The van der Waals surface area contributed by atoms with Gasteiger partial charge in [-0.05, 0) is 35.4 Å². The molecule has 28 heavy (non-hydrogen) atoms. The summed E-state index contributed by atoms with van der Waals surface area (Å²) >= 11 is 0. The third-order valence-electron chi connectivity index (χ3n) is 4.19. The van der Waals surface area contributed by atoms with Crippen LogP contribution in [0.4, 0.5) is 11.4 Å². The number of non-ortho nitro benzene ring substituents is 1. The van der Waals surface area contributed by atoms with E-state index in [0.29, 0.717) is 0 Å². The molecule has 0 radical (unpaired) electrons. The summed E-state index contributed by atoms with van der Waals surface area (Å²) in [6.07, 6.45) is 7.04. The summed E-state index contributed by atoms with van der Waals surface area (Å²) in [7, 11) is 4.00. The lowest BCUT2D eigenvalue weighted by molar-refractivity contribution is -0.684. The van der Waals surface area contributed by atoms with Gasteiger partial charge in [-0.2, -0.15) is 0 Å². The zero-order valence-electron chi connectivity index (χ0n) is 15.9. The Labute approximate surface area is 162 Å². The van der Waals surface area contributed by atoms with Gasteiger partial charge in [0.15, 0.2) is 12.4 Å². The first kappa shape index (κ1) is 19.0. The molecule has 0 aliphatic heterocycles. The van der Waals surface area contributed by atoms with E-state index in [9.17, 15) is 10.1 Å². The highest BCUT2D eigenvalue weighted by atomic mass is 16.6. The van der Waals surface area contributed by atoms with Crippen molar-refractivity contribution in [3.05, 3.63) is 88.0 Å². The number of nitro groups is 1. The van der Waals surface area contributed by atoms with Gasteiger partial charge in [-0.3, -0.25) is 10.1 Å². The van der Waals surface area contributed by atoms with E-state index >= 15 is 0 Å². The molecule has 0 N–H and O–H groups in total. The van der Waals surface area contributed by atoms with Crippen LogP contribution in [0.5, 0.6) is 0 Å². The van der Waals surface area contributed by atoms with Gasteiger partial charge < -0.3 is 4.90 Å². The largest absolute Gasteiger partial charge is 0.378 e. The van der Waals surface area contributed by atoms with E-state index in [1.807, 2.05) is 56.4 Å². The average molecular weight is 377 g/mol. The molecule has 8 nitrogen and oxygen atoms in total. The fourth-order valence-electron chi connectivity index (χ4n) is 2.49. The third kappa shape index (κ3) is 4.47. The molecule has 1 heterocycles. The van der Waals surface area contributed by atoms with Crippen LogP contribution < -0.4 is 9.58 Å². The molecular weight excluding hydrogens is 356 g/mol. The van der Waals surface area contributed by atoms with Crippen molar-refractivity contribution in [2.24, 2.45) is 10.2 Å². The van der Waals surface area contributed by atoms with Gasteiger partial charge in [0, 0.05) is 38.8 Å². The van der Waals surface area contributed by atoms with Crippen LogP contribution in [0.3, 0.4) is 0 Å². The molecule has 0 saturated heterocycles. The van der Waals surface area contributed by atoms with E-state index in [1.54, 1.807) is 40.1 Å². The summed E-state index contributed by atoms with van der Waals surface area (Å²) in [5.74, 6) is 0.819. The number of nitrogens with zero attached hydrogens (tertiary/aromatic N) is 6. The van der Waals surface area contributed by atoms with Crippen molar-refractivity contribution in [1.29, 1.82) is 0 Å². The van der Waals surface area contributed by atoms with E-state index in [-0.39, 0.29) is 5.69 Å². The van der Waals surface area contributed by atoms with Crippen LogP contribution in [0.25, 0.3) is 0 Å². The fraction of sp³-hybridized carbons (Fsp3) is 0.150. The second-order valence-corrected chi connectivity index (χ2v) is 6.36. The van der Waals surface area contributed by atoms with Crippen LogP contribution in [0, 0.1) is 17.0 Å². The monoisotopic (exact) mass is 377 g/mol. The normalized spacial score (nSPS) is 11.4. The second-order valence-electron chi connectivity index (χ2n) is 6.36. The lowest BCUT2D eigenvalue weighted by Gasteiger charge is -2.11. The Morgan fingerprint density at radius 2 is 1.64 bits per heavy atom. The van der Waals surface area contributed by atoms with Crippen LogP contribution >= 0.6 is 0 Å². The summed E-state index contributed by atoms with van der Waals surface area (Å²) in [6, 6.07) is 14.3. The van der Waals surface area contributed by atoms with Crippen molar-refractivity contribution >= 4 is 23.8 Å². The molecule has 0 aliphatic rings. The van der Waals surface area contributed by atoms with Gasteiger partial charge in [0.2, 0.25) is 0 Å². The van der Waals surface area contributed by atoms with Crippen molar-refractivity contribution in [2.75, 3.05) is 19.0 Å². The lowest BCUT2D eigenvalue weighted by atomic mass is 10.2. The molecule has 3 aromatic rings. The predicted molar refractivity (Wildman–Crippen MR) is 109 cm³/mol. The number of benzene rings is 2. The first-order valence-electron chi connectivity index (χ1n) is 8.64. The molecule has 8 heteroatoms. The van der Waals surface area contributed by atoms with Crippen molar-refractivity contribution in [3.63, 3.8) is 0 Å². The Hall–Kier alpha value is -3.81.